The summed E-state index contributed by atoms with van der Waals surface area (Å²) in [5, 5.41) is 2.21. The highest BCUT2D eigenvalue weighted by Gasteiger charge is 2.17. The number of unbranched alkanes of at least 4 members (excludes halogenated alkanes) is 9. The quantitative estimate of drug-likeness (QED) is 0.182. The van der Waals surface area contributed by atoms with Gasteiger partial charge in [-0.25, -0.2) is 0 Å². The Bertz CT molecular complexity index is 759. The molecule has 2 rings (SSSR count). The van der Waals surface area contributed by atoms with Crippen LogP contribution in [0.5, 0.6) is 5.75 Å². The lowest BCUT2D eigenvalue weighted by Crippen LogP contribution is -2.14. The first-order chi connectivity index (χ1) is 14.7. The van der Waals surface area contributed by atoms with Crippen LogP contribution in [0.3, 0.4) is 0 Å². The molecule has 30 heavy (non-hydrogen) atoms. The van der Waals surface area contributed by atoms with Gasteiger partial charge in [-0.1, -0.05) is 75.6 Å². The Hall–Kier alpha value is -1.68. The number of esters is 1. The predicted octanol–water partition coefficient (Wildman–Crippen LogP) is 7.33. The van der Waals surface area contributed by atoms with Crippen molar-refractivity contribution in [1.29, 1.82) is 0 Å². The number of methoxy groups -OCH3 is 1. The fourth-order valence-electron chi connectivity index (χ4n) is 3.70. The smallest absolute Gasteiger partial charge is 0.313 e. The fourth-order valence-corrected chi connectivity index (χ4v) is 3.92. The minimum atomic E-state index is -0.251. The Morgan fingerprint density at radius 1 is 0.833 bits per heavy atom. The van der Waals surface area contributed by atoms with Crippen molar-refractivity contribution in [3.63, 3.8) is 0 Å². The second-order valence-corrected chi connectivity index (χ2v) is 8.57. The third-order valence-corrected chi connectivity index (χ3v) is 6.04. The summed E-state index contributed by atoms with van der Waals surface area (Å²) in [7, 11) is 1.67. The van der Waals surface area contributed by atoms with Crippen LogP contribution < -0.4 is 4.74 Å². The van der Waals surface area contributed by atoms with E-state index in [9.17, 15) is 4.79 Å². The highest BCUT2D eigenvalue weighted by atomic mass is 32.1. The zero-order valence-electron chi connectivity index (χ0n) is 18.7. The molecule has 0 amide bonds. The van der Waals surface area contributed by atoms with Crippen LogP contribution in [-0.2, 0) is 9.53 Å². The molecule has 0 fully saturated rings. The van der Waals surface area contributed by atoms with Crippen molar-refractivity contribution in [2.24, 2.45) is 0 Å². The number of benzene rings is 2. The normalized spacial score (nSPS) is 12.1. The van der Waals surface area contributed by atoms with Gasteiger partial charge >= 0.3 is 5.97 Å². The Morgan fingerprint density at radius 2 is 1.40 bits per heavy atom. The standard InChI is InChI=1S/C26H38O3S/c1-21(22-13-14-24-20-25(28-2)16-15-23(24)19-22)26(27)29-17-11-9-7-5-3-4-6-8-10-12-18-30/h13-16,19-21,30H,3-12,17-18H2,1-2H3/t21-/m0/s1. The van der Waals surface area contributed by atoms with Crippen LogP contribution in [0.1, 0.15) is 82.6 Å². The Labute approximate surface area is 187 Å². The molecule has 166 valence electrons. The van der Waals surface area contributed by atoms with E-state index < -0.39 is 0 Å². The van der Waals surface area contributed by atoms with Gasteiger partial charge in [0.1, 0.15) is 5.75 Å². The Kier molecular flexibility index (Phi) is 11.8. The average Bonchev–Trinajstić information content (AvgIpc) is 2.78. The molecule has 0 heterocycles. The first-order valence-electron chi connectivity index (χ1n) is 11.5. The van der Waals surface area contributed by atoms with Crippen LogP contribution in [0.15, 0.2) is 36.4 Å². The van der Waals surface area contributed by atoms with Crippen LogP contribution in [0.25, 0.3) is 10.8 Å². The van der Waals surface area contributed by atoms with Gasteiger partial charge in [-0.2, -0.15) is 12.6 Å². The van der Waals surface area contributed by atoms with Gasteiger partial charge in [0.2, 0.25) is 0 Å². The molecule has 0 saturated heterocycles. The summed E-state index contributed by atoms with van der Waals surface area (Å²) in [5.41, 5.74) is 0.993. The lowest BCUT2D eigenvalue weighted by atomic mass is 9.98. The average molecular weight is 431 g/mol. The molecule has 0 aromatic heterocycles. The second-order valence-electron chi connectivity index (χ2n) is 8.12. The molecule has 0 aliphatic carbocycles. The maximum atomic E-state index is 12.4. The van der Waals surface area contributed by atoms with Gasteiger partial charge in [-0.3, -0.25) is 4.79 Å². The monoisotopic (exact) mass is 430 g/mol. The number of thiol groups is 1. The van der Waals surface area contributed by atoms with Gasteiger partial charge in [0.15, 0.2) is 0 Å². The number of fused-ring (bicyclic) bond motifs is 1. The van der Waals surface area contributed by atoms with Crippen LogP contribution >= 0.6 is 12.6 Å². The van der Waals surface area contributed by atoms with E-state index >= 15 is 0 Å². The Balaban J connectivity index is 1.60. The molecule has 3 nitrogen and oxygen atoms in total. The highest BCUT2D eigenvalue weighted by Crippen LogP contribution is 2.25. The van der Waals surface area contributed by atoms with Crippen LogP contribution in [0.2, 0.25) is 0 Å². The molecule has 0 bridgehead atoms. The Morgan fingerprint density at radius 3 is 2.03 bits per heavy atom. The maximum absolute atomic E-state index is 12.4. The number of carbonyl (C=O) groups is 1. The molecule has 0 aliphatic heterocycles. The summed E-state index contributed by atoms with van der Waals surface area (Å²) in [6.07, 6.45) is 12.6. The minimum absolute atomic E-state index is 0.135. The molecular formula is C26H38O3S. The molecule has 0 saturated carbocycles. The third kappa shape index (κ3) is 8.59. The topological polar surface area (TPSA) is 35.5 Å². The van der Waals surface area contributed by atoms with E-state index in [0.717, 1.165) is 40.7 Å². The first kappa shape index (κ1) is 24.6. The fraction of sp³-hybridized carbons (Fsp3) is 0.577. The number of hydrogen-bond acceptors (Lipinski definition) is 4. The summed E-state index contributed by atoms with van der Waals surface area (Å²) in [6, 6.07) is 12.1. The van der Waals surface area contributed by atoms with E-state index in [4.69, 9.17) is 9.47 Å². The van der Waals surface area contributed by atoms with Crippen LogP contribution in [-0.4, -0.2) is 25.4 Å². The molecule has 2 aromatic carbocycles. The van der Waals surface area contributed by atoms with E-state index in [0.29, 0.717) is 6.61 Å². The number of hydrogen-bond donors (Lipinski definition) is 1. The molecule has 4 heteroatoms. The summed E-state index contributed by atoms with van der Waals surface area (Å²) < 4.78 is 10.8. The van der Waals surface area contributed by atoms with Gasteiger partial charge in [0, 0.05) is 0 Å². The molecule has 0 unspecified atom stereocenters. The number of ether oxygens (including phenoxy) is 2. The van der Waals surface area contributed by atoms with Crippen molar-refractivity contribution >= 4 is 29.4 Å². The van der Waals surface area contributed by atoms with Crippen LogP contribution in [0, 0.1) is 0 Å². The molecule has 2 aromatic rings. The van der Waals surface area contributed by atoms with E-state index in [1.807, 2.05) is 37.3 Å². The van der Waals surface area contributed by atoms with Gasteiger partial charge in [0.25, 0.3) is 0 Å². The van der Waals surface area contributed by atoms with Gasteiger partial charge < -0.3 is 9.47 Å². The SMILES string of the molecule is COc1ccc2cc([C@H](C)C(=O)OCCCCCCCCCCCCS)ccc2c1. The van der Waals surface area contributed by atoms with E-state index in [2.05, 4.69) is 18.7 Å². The number of carbonyl (C=O) groups excluding carboxylic acids is 1. The summed E-state index contributed by atoms with van der Waals surface area (Å²) in [4.78, 5) is 12.4. The molecule has 1 atom stereocenters. The lowest BCUT2D eigenvalue weighted by molar-refractivity contribution is -0.145. The largest absolute Gasteiger partial charge is 0.497 e. The van der Waals surface area contributed by atoms with Crippen molar-refractivity contribution in [2.75, 3.05) is 19.5 Å². The van der Waals surface area contributed by atoms with Gasteiger partial charge in [-0.15, -0.1) is 0 Å². The highest BCUT2D eigenvalue weighted by molar-refractivity contribution is 7.80. The molecule has 0 N–H and O–H groups in total. The molecule has 0 spiro atoms. The van der Waals surface area contributed by atoms with Gasteiger partial charge in [-0.05, 0) is 54.0 Å². The van der Waals surface area contributed by atoms with Crippen molar-refractivity contribution in [1.82, 2.24) is 0 Å². The van der Waals surface area contributed by atoms with Crippen LogP contribution in [0.4, 0.5) is 0 Å². The maximum Gasteiger partial charge on any atom is 0.313 e. The summed E-state index contributed by atoms with van der Waals surface area (Å²) in [5.74, 6) is 1.47. The second kappa shape index (κ2) is 14.3. The zero-order chi connectivity index (χ0) is 21.6. The van der Waals surface area contributed by atoms with Gasteiger partial charge in [0.05, 0.1) is 19.6 Å². The lowest BCUT2D eigenvalue weighted by Gasteiger charge is -2.13. The third-order valence-electron chi connectivity index (χ3n) is 5.72. The summed E-state index contributed by atoms with van der Waals surface area (Å²) >= 11 is 4.25. The molecule has 0 aliphatic rings. The molecular weight excluding hydrogens is 392 g/mol. The van der Waals surface area contributed by atoms with Crippen molar-refractivity contribution in [2.45, 2.75) is 77.0 Å². The van der Waals surface area contributed by atoms with Crippen molar-refractivity contribution < 1.29 is 14.3 Å². The number of rotatable bonds is 15. The minimum Gasteiger partial charge on any atom is -0.497 e. The van der Waals surface area contributed by atoms with Crippen molar-refractivity contribution in [3.05, 3.63) is 42.0 Å². The van der Waals surface area contributed by atoms with E-state index in [1.54, 1.807) is 7.11 Å². The summed E-state index contributed by atoms with van der Waals surface area (Å²) in [6.45, 7) is 2.45. The predicted molar refractivity (Wildman–Crippen MR) is 130 cm³/mol. The van der Waals surface area contributed by atoms with E-state index in [1.165, 1.54) is 51.4 Å². The zero-order valence-corrected chi connectivity index (χ0v) is 19.6. The van der Waals surface area contributed by atoms with Crippen molar-refractivity contribution in [3.8, 4) is 5.75 Å². The molecule has 0 radical (unpaired) electrons. The van der Waals surface area contributed by atoms with E-state index in [-0.39, 0.29) is 11.9 Å². The first-order valence-corrected chi connectivity index (χ1v) is 12.1.